The van der Waals surface area contributed by atoms with E-state index in [1.165, 1.54) is 14.2 Å². The minimum absolute atomic E-state index is 0.130. The molecule has 1 rings (SSSR count). The average Bonchev–Trinajstić information content (AvgIpc) is 2.30. The van der Waals surface area contributed by atoms with Gasteiger partial charge in [0.15, 0.2) is 0 Å². The molecule has 0 aromatic heterocycles. The zero-order valence-corrected chi connectivity index (χ0v) is 8.52. The lowest BCUT2D eigenvalue weighted by Gasteiger charge is -2.08. The van der Waals surface area contributed by atoms with Crippen LogP contribution in [0.15, 0.2) is 24.5 Å². The molecule has 0 spiro atoms. The van der Waals surface area contributed by atoms with E-state index < -0.39 is 0 Å². The Labute approximate surface area is 88.0 Å². The van der Waals surface area contributed by atoms with Gasteiger partial charge in [0.2, 0.25) is 0 Å². The van der Waals surface area contributed by atoms with Crippen LogP contribution in [0.25, 0.3) is 5.57 Å². The summed E-state index contributed by atoms with van der Waals surface area (Å²) in [7, 11) is 3.03. The van der Waals surface area contributed by atoms with Gasteiger partial charge in [0.1, 0.15) is 17.6 Å². The second-order valence-corrected chi connectivity index (χ2v) is 2.72. The van der Waals surface area contributed by atoms with E-state index >= 15 is 0 Å². The summed E-state index contributed by atoms with van der Waals surface area (Å²) in [6.45, 7) is 0. The number of hydrogen-bond donors (Lipinski definition) is 1. The zero-order chi connectivity index (χ0) is 11.3. The highest BCUT2D eigenvalue weighted by Gasteiger charge is 2.09. The van der Waals surface area contributed by atoms with Crippen LogP contribution in [-0.2, 0) is 0 Å². The molecule has 0 saturated carbocycles. The summed E-state index contributed by atoms with van der Waals surface area (Å²) >= 11 is 0. The van der Waals surface area contributed by atoms with Gasteiger partial charge < -0.3 is 14.6 Å². The SMILES string of the molecule is COc1ccc(OC)c(/C(C#N)=C/O)c1. The molecule has 0 aliphatic carbocycles. The predicted molar refractivity (Wildman–Crippen MR) is 55.8 cm³/mol. The summed E-state index contributed by atoms with van der Waals surface area (Å²) < 4.78 is 10.1. The molecule has 0 fully saturated rings. The molecule has 4 nitrogen and oxygen atoms in total. The highest BCUT2D eigenvalue weighted by Crippen LogP contribution is 2.29. The summed E-state index contributed by atoms with van der Waals surface area (Å²) in [6.07, 6.45) is 0.747. The van der Waals surface area contributed by atoms with Crippen LogP contribution < -0.4 is 9.47 Å². The first kappa shape index (κ1) is 10.9. The second-order valence-electron chi connectivity index (χ2n) is 2.72. The van der Waals surface area contributed by atoms with Crippen molar-refractivity contribution in [3.8, 4) is 17.6 Å². The van der Waals surface area contributed by atoms with Gasteiger partial charge in [-0.15, -0.1) is 0 Å². The van der Waals surface area contributed by atoms with Crippen molar-refractivity contribution in [2.24, 2.45) is 0 Å². The van der Waals surface area contributed by atoms with Gasteiger partial charge in [-0.1, -0.05) is 0 Å². The molecular weight excluding hydrogens is 194 g/mol. The van der Waals surface area contributed by atoms with E-state index in [-0.39, 0.29) is 5.57 Å². The van der Waals surface area contributed by atoms with Gasteiger partial charge in [-0.3, -0.25) is 0 Å². The molecule has 78 valence electrons. The van der Waals surface area contributed by atoms with Crippen molar-refractivity contribution in [3.05, 3.63) is 30.0 Å². The fourth-order valence-electron chi connectivity index (χ4n) is 1.18. The Kier molecular flexibility index (Phi) is 3.58. The van der Waals surface area contributed by atoms with Crippen LogP contribution in [0.5, 0.6) is 11.5 Å². The number of aliphatic hydroxyl groups excluding tert-OH is 1. The Morgan fingerprint density at radius 2 is 2.13 bits per heavy atom. The Morgan fingerprint density at radius 1 is 1.40 bits per heavy atom. The number of rotatable bonds is 3. The molecule has 1 N–H and O–H groups in total. The monoisotopic (exact) mass is 205 g/mol. The van der Waals surface area contributed by atoms with Crippen LogP contribution >= 0.6 is 0 Å². The van der Waals surface area contributed by atoms with E-state index in [0.29, 0.717) is 17.1 Å². The molecule has 4 heteroatoms. The van der Waals surface area contributed by atoms with Crippen molar-refractivity contribution < 1.29 is 14.6 Å². The number of nitriles is 1. The van der Waals surface area contributed by atoms with Gasteiger partial charge in [0.25, 0.3) is 0 Å². The summed E-state index contributed by atoms with van der Waals surface area (Å²) in [5, 5.41) is 17.7. The highest BCUT2D eigenvalue weighted by atomic mass is 16.5. The van der Waals surface area contributed by atoms with E-state index in [2.05, 4.69) is 0 Å². The molecule has 1 aromatic rings. The van der Waals surface area contributed by atoms with Crippen molar-refractivity contribution in [1.29, 1.82) is 5.26 Å². The molecule has 1 aromatic carbocycles. The van der Waals surface area contributed by atoms with Crippen molar-refractivity contribution >= 4 is 5.57 Å². The van der Waals surface area contributed by atoms with Crippen molar-refractivity contribution in [2.75, 3.05) is 14.2 Å². The van der Waals surface area contributed by atoms with Gasteiger partial charge in [0.05, 0.1) is 26.1 Å². The first-order valence-electron chi connectivity index (χ1n) is 4.23. The molecule has 0 atom stereocenters. The van der Waals surface area contributed by atoms with Crippen LogP contribution in [0.4, 0.5) is 0 Å². The largest absolute Gasteiger partial charge is 0.514 e. The van der Waals surface area contributed by atoms with Gasteiger partial charge in [-0.2, -0.15) is 5.26 Å². The number of nitrogens with zero attached hydrogens (tertiary/aromatic N) is 1. The first-order chi connectivity index (χ1) is 7.26. The lowest BCUT2D eigenvalue weighted by molar-refractivity contribution is 0.402. The van der Waals surface area contributed by atoms with Gasteiger partial charge in [-0.05, 0) is 18.2 Å². The van der Waals surface area contributed by atoms with Crippen LogP contribution in [0, 0.1) is 11.3 Å². The Bertz CT molecular complexity index is 418. The zero-order valence-electron chi connectivity index (χ0n) is 8.52. The molecule has 0 heterocycles. The number of hydrogen-bond acceptors (Lipinski definition) is 4. The standard InChI is InChI=1S/C11H11NO3/c1-14-9-3-4-11(15-2)10(5-9)8(6-12)7-13/h3-5,7,13H,1-2H3/b8-7+. The summed E-state index contributed by atoms with van der Waals surface area (Å²) in [4.78, 5) is 0. The number of methoxy groups -OCH3 is 2. The molecule has 0 radical (unpaired) electrons. The molecule has 0 bridgehead atoms. The Hall–Kier alpha value is -2.15. The second kappa shape index (κ2) is 4.91. The fraction of sp³-hybridized carbons (Fsp3) is 0.182. The molecule has 0 aliphatic rings. The molecule has 15 heavy (non-hydrogen) atoms. The van der Waals surface area contributed by atoms with Crippen molar-refractivity contribution in [3.63, 3.8) is 0 Å². The van der Waals surface area contributed by atoms with E-state index in [1.54, 1.807) is 18.2 Å². The topological polar surface area (TPSA) is 62.5 Å². The number of aliphatic hydroxyl groups is 1. The fourth-order valence-corrected chi connectivity index (χ4v) is 1.18. The van der Waals surface area contributed by atoms with Gasteiger partial charge in [0, 0.05) is 5.56 Å². The maximum absolute atomic E-state index is 8.88. The van der Waals surface area contributed by atoms with Gasteiger partial charge >= 0.3 is 0 Å². The van der Waals surface area contributed by atoms with E-state index in [0.717, 1.165) is 6.26 Å². The highest BCUT2D eigenvalue weighted by molar-refractivity contribution is 5.80. The minimum atomic E-state index is 0.130. The lowest BCUT2D eigenvalue weighted by Crippen LogP contribution is -1.92. The van der Waals surface area contributed by atoms with Crippen molar-refractivity contribution in [1.82, 2.24) is 0 Å². The third-order valence-corrected chi connectivity index (χ3v) is 1.95. The molecule has 0 saturated heterocycles. The maximum Gasteiger partial charge on any atom is 0.127 e. The smallest absolute Gasteiger partial charge is 0.127 e. The number of ether oxygens (including phenoxy) is 2. The summed E-state index contributed by atoms with van der Waals surface area (Å²) in [6, 6.07) is 6.89. The molecule has 0 amide bonds. The van der Waals surface area contributed by atoms with Crippen LogP contribution in [-0.4, -0.2) is 19.3 Å². The van der Waals surface area contributed by atoms with Crippen LogP contribution in [0.2, 0.25) is 0 Å². The lowest BCUT2D eigenvalue weighted by atomic mass is 10.1. The third kappa shape index (κ3) is 2.20. The van der Waals surface area contributed by atoms with Crippen LogP contribution in [0.1, 0.15) is 5.56 Å². The molecular formula is C11H11NO3. The normalized spacial score (nSPS) is 10.6. The van der Waals surface area contributed by atoms with E-state index in [1.807, 2.05) is 6.07 Å². The van der Waals surface area contributed by atoms with Crippen LogP contribution in [0.3, 0.4) is 0 Å². The maximum atomic E-state index is 8.88. The summed E-state index contributed by atoms with van der Waals surface area (Å²) in [5.41, 5.74) is 0.632. The average molecular weight is 205 g/mol. The van der Waals surface area contributed by atoms with Crippen molar-refractivity contribution in [2.45, 2.75) is 0 Å². The minimum Gasteiger partial charge on any atom is -0.514 e. The quantitative estimate of drug-likeness (QED) is 0.606. The predicted octanol–water partition coefficient (Wildman–Crippen LogP) is 2.13. The number of benzene rings is 1. The first-order valence-corrected chi connectivity index (χ1v) is 4.23. The number of allylic oxidation sites excluding steroid dienone is 1. The van der Waals surface area contributed by atoms with Gasteiger partial charge in [-0.25, -0.2) is 0 Å². The molecule has 0 unspecified atom stereocenters. The third-order valence-electron chi connectivity index (χ3n) is 1.95. The van der Waals surface area contributed by atoms with E-state index in [9.17, 15) is 0 Å². The Morgan fingerprint density at radius 3 is 2.60 bits per heavy atom. The summed E-state index contributed by atoms with van der Waals surface area (Å²) in [5.74, 6) is 1.11. The Balaban J connectivity index is 3.30. The molecule has 0 aliphatic heterocycles. The van der Waals surface area contributed by atoms with E-state index in [4.69, 9.17) is 19.8 Å².